The van der Waals surface area contributed by atoms with Gasteiger partial charge in [-0.15, -0.1) is 0 Å². The van der Waals surface area contributed by atoms with Crippen LogP contribution in [-0.4, -0.2) is 72.1 Å². The van der Waals surface area contributed by atoms with E-state index in [0.29, 0.717) is 24.3 Å². The van der Waals surface area contributed by atoms with Gasteiger partial charge in [-0.2, -0.15) is 11.8 Å². The topological polar surface area (TPSA) is 129 Å². The molecular weight excluding hydrogens is 452 g/mol. The molecule has 33 heavy (non-hydrogen) atoms. The first-order valence-electron chi connectivity index (χ1n) is 11.1. The van der Waals surface area contributed by atoms with Crippen LogP contribution in [0.25, 0.3) is 0 Å². The standard InChI is InChI=1S/C22H40N2O8S/c1-9-29-17(25)15(23-19(27)31-21(3,4)5)11-13-33-14-12-16(18(26)30-10-2)24-20(28)32-22(6,7)8/h15-16H,9-14H2,1-8H3,(H,23,27)(H,24,28)/t15-,16-/m0/s1. The number of carbonyl (C=O) groups excluding carboxylic acids is 4. The van der Waals surface area contributed by atoms with Crippen molar-refractivity contribution in [3.05, 3.63) is 0 Å². The number of carbonyl (C=O) groups is 4. The predicted molar refractivity (Wildman–Crippen MR) is 126 cm³/mol. The summed E-state index contributed by atoms with van der Waals surface area (Å²) in [5, 5.41) is 5.09. The molecule has 2 atom stereocenters. The zero-order chi connectivity index (χ0) is 25.7. The highest BCUT2D eigenvalue weighted by atomic mass is 32.2. The number of hydrogen-bond donors (Lipinski definition) is 2. The van der Waals surface area contributed by atoms with Gasteiger partial charge in [-0.05, 0) is 79.7 Å². The molecule has 0 radical (unpaired) electrons. The third-order valence-electron chi connectivity index (χ3n) is 3.63. The molecule has 192 valence electrons. The van der Waals surface area contributed by atoms with E-state index in [1.165, 1.54) is 11.8 Å². The van der Waals surface area contributed by atoms with E-state index in [9.17, 15) is 19.2 Å². The van der Waals surface area contributed by atoms with Crippen LogP contribution in [0.3, 0.4) is 0 Å². The molecule has 0 rings (SSSR count). The van der Waals surface area contributed by atoms with E-state index in [0.717, 1.165) is 0 Å². The minimum absolute atomic E-state index is 0.191. The Hall–Kier alpha value is -2.17. The Kier molecular flexibility index (Phi) is 13.9. The van der Waals surface area contributed by atoms with Gasteiger partial charge in [0.05, 0.1) is 13.2 Å². The highest BCUT2D eigenvalue weighted by molar-refractivity contribution is 7.99. The Morgan fingerprint density at radius 2 is 1.03 bits per heavy atom. The largest absolute Gasteiger partial charge is 0.464 e. The quantitative estimate of drug-likeness (QED) is 0.239. The summed E-state index contributed by atoms with van der Waals surface area (Å²) in [5.74, 6) is -0.0809. The highest BCUT2D eigenvalue weighted by Gasteiger charge is 2.27. The lowest BCUT2D eigenvalue weighted by Crippen LogP contribution is -2.45. The van der Waals surface area contributed by atoms with E-state index < -0.39 is 47.4 Å². The van der Waals surface area contributed by atoms with Crippen molar-refractivity contribution in [1.29, 1.82) is 0 Å². The summed E-state index contributed by atoms with van der Waals surface area (Å²) in [4.78, 5) is 48.5. The SMILES string of the molecule is CCOC(=O)[C@H](CCSCC[C@H](NC(=O)OC(C)(C)C)C(=O)OCC)NC(=O)OC(C)(C)C. The number of nitrogens with one attached hydrogen (secondary N) is 2. The molecule has 2 amide bonds. The van der Waals surface area contributed by atoms with Crippen LogP contribution in [0, 0.1) is 0 Å². The summed E-state index contributed by atoms with van der Waals surface area (Å²) in [6.07, 6.45) is -0.775. The van der Waals surface area contributed by atoms with Crippen LogP contribution in [0.4, 0.5) is 9.59 Å². The van der Waals surface area contributed by atoms with Crippen LogP contribution >= 0.6 is 11.8 Å². The molecule has 0 fully saturated rings. The van der Waals surface area contributed by atoms with Crippen molar-refractivity contribution in [2.45, 2.75) is 91.5 Å². The zero-order valence-corrected chi connectivity index (χ0v) is 21.9. The van der Waals surface area contributed by atoms with Crippen molar-refractivity contribution >= 4 is 35.9 Å². The number of thioether (sulfide) groups is 1. The van der Waals surface area contributed by atoms with Crippen molar-refractivity contribution in [3.63, 3.8) is 0 Å². The molecule has 2 N–H and O–H groups in total. The highest BCUT2D eigenvalue weighted by Crippen LogP contribution is 2.13. The zero-order valence-electron chi connectivity index (χ0n) is 21.1. The Morgan fingerprint density at radius 3 is 1.30 bits per heavy atom. The fourth-order valence-electron chi connectivity index (χ4n) is 2.39. The van der Waals surface area contributed by atoms with E-state index >= 15 is 0 Å². The maximum absolute atomic E-state index is 12.2. The lowest BCUT2D eigenvalue weighted by atomic mass is 10.2. The van der Waals surface area contributed by atoms with E-state index in [1.807, 2.05) is 0 Å². The fourth-order valence-corrected chi connectivity index (χ4v) is 3.40. The van der Waals surface area contributed by atoms with Gasteiger partial charge in [0, 0.05) is 0 Å². The van der Waals surface area contributed by atoms with Crippen LogP contribution in [0.2, 0.25) is 0 Å². The van der Waals surface area contributed by atoms with E-state index in [1.54, 1.807) is 55.4 Å². The van der Waals surface area contributed by atoms with E-state index in [4.69, 9.17) is 18.9 Å². The molecule has 0 heterocycles. The molecule has 0 bridgehead atoms. The Morgan fingerprint density at radius 1 is 0.697 bits per heavy atom. The third kappa shape index (κ3) is 16.1. The molecule has 0 aromatic rings. The first-order valence-corrected chi connectivity index (χ1v) is 12.2. The lowest BCUT2D eigenvalue weighted by molar-refractivity contribution is -0.146. The summed E-state index contributed by atoms with van der Waals surface area (Å²) in [6, 6.07) is -1.71. The maximum Gasteiger partial charge on any atom is 0.408 e. The minimum Gasteiger partial charge on any atom is -0.464 e. The number of amides is 2. The summed E-state index contributed by atoms with van der Waals surface area (Å²) >= 11 is 1.46. The number of alkyl carbamates (subject to hydrolysis) is 2. The second-order valence-corrected chi connectivity index (χ2v) is 10.3. The van der Waals surface area contributed by atoms with Crippen LogP contribution in [-0.2, 0) is 28.5 Å². The Labute approximate surface area is 201 Å². The smallest absolute Gasteiger partial charge is 0.408 e. The summed E-state index contributed by atoms with van der Waals surface area (Å²) in [5.41, 5.74) is -1.39. The first-order chi connectivity index (χ1) is 15.2. The van der Waals surface area contributed by atoms with Gasteiger partial charge in [-0.1, -0.05) is 0 Å². The van der Waals surface area contributed by atoms with Crippen molar-refractivity contribution in [2.75, 3.05) is 24.7 Å². The average molecular weight is 493 g/mol. The van der Waals surface area contributed by atoms with E-state index in [-0.39, 0.29) is 13.2 Å². The molecular formula is C22H40N2O8S. The van der Waals surface area contributed by atoms with Crippen LogP contribution in [0.5, 0.6) is 0 Å². The van der Waals surface area contributed by atoms with Crippen molar-refractivity contribution in [1.82, 2.24) is 10.6 Å². The summed E-state index contributed by atoms with van der Waals surface area (Å²) in [7, 11) is 0. The van der Waals surface area contributed by atoms with Crippen molar-refractivity contribution in [2.24, 2.45) is 0 Å². The molecule has 0 aromatic heterocycles. The monoisotopic (exact) mass is 492 g/mol. The molecule has 10 nitrogen and oxygen atoms in total. The minimum atomic E-state index is -0.854. The number of ether oxygens (including phenoxy) is 4. The summed E-state index contributed by atoms with van der Waals surface area (Å²) in [6.45, 7) is 14.1. The maximum atomic E-state index is 12.2. The predicted octanol–water partition coefficient (Wildman–Crippen LogP) is 3.41. The number of rotatable bonds is 12. The molecule has 0 aromatic carbocycles. The second kappa shape index (κ2) is 14.9. The first kappa shape index (κ1) is 30.8. The molecule has 0 unspecified atom stereocenters. The molecule has 0 aliphatic carbocycles. The van der Waals surface area contributed by atoms with Gasteiger partial charge in [-0.3, -0.25) is 0 Å². The molecule has 0 saturated carbocycles. The molecule has 0 aliphatic rings. The second-order valence-electron chi connectivity index (χ2n) is 9.09. The van der Waals surface area contributed by atoms with Gasteiger partial charge in [0.1, 0.15) is 23.3 Å². The average Bonchev–Trinajstić information content (AvgIpc) is 2.63. The molecule has 0 saturated heterocycles. The molecule has 11 heteroatoms. The lowest BCUT2D eigenvalue weighted by Gasteiger charge is -2.23. The van der Waals surface area contributed by atoms with Crippen LogP contribution in [0.1, 0.15) is 68.2 Å². The molecule has 0 spiro atoms. The Bertz CT molecular complexity index is 589. The van der Waals surface area contributed by atoms with Gasteiger partial charge < -0.3 is 29.6 Å². The van der Waals surface area contributed by atoms with Gasteiger partial charge in [0.2, 0.25) is 0 Å². The molecule has 0 aliphatic heterocycles. The van der Waals surface area contributed by atoms with Crippen LogP contribution < -0.4 is 10.6 Å². The van der Waals surface area contributed by atoms with Crippen LogP contribution in [0.15, 0.2) is 0 Å². The fraction of sp³-hybridized carbons (Fsp3) is 0.818. The van der Waals surface area contributed by atoms with E-state index in [2.05, 4.69) is 10.6 Å². The van der Waals surface area contributed by atoms with Gasteiger partial charge in [0.15, 0.2) is 0 Å². The van der Waals surface area contributed by atoms with Gasteiger partial charge in [-0.25, -0.2) is 19.2 Å². The Balaban J connectivity index is 4.76. The third-order valence-corrected chi connectivity index (χ3v) is 4.67. The number of hydrogen-bond acceptors (Lipinski definition) is 9. The van der Waals surface area contributed by atoms with Gasteiger partial charge in [0.25, 0.3) is 0 Å². The van der Waals surface area contributed by atoms with Gasteiger partial charge >= 0.3 is 24.1 Å². The van der Waals surface area contributed by atoms with Crippen molar-refractivity contribution in [3.8, 4) is 0 Å². The number of esters is 2. The van der Waals surface area contributed by atoms with Crippen molar-refractivity contribution < 1.29 is 38.1 Å². The normalized spacial score (nSPS) is 13.3. The summed E-state index contributed by atoms with van der Waals surface area (Å²) < 4.78 is 20.5.